The van der Waals surface area contributed by atoms with Gasteiger partial charge in [0.2, 0.25) is 5.91 Å². The Hall–Kier alpha value is -2.01. The predicted molar refractivity (Wildman–Crippen MR) is 95.1 cm³/mol. The molecule has 0 bridgehead atoms. The molecule has 0 unspecified atom stereocenters. The first-order chi connectivity index (χ1) is 11.7. The number of nitrogens with one attached hydrogen (secondary N) is 1. The smallest absolute Gasteiger partial charge is 0.234 e. The van der Waals surface area contributed by atoms with Crippen LogP contribution in [0.3, 0.4) is 0 Å². The number of hydrogen-bond donors (Lipinski definition) is 1. The Morgan fingerprint density at radius 2 is 1.96 bits per heavy atom. The van der Waals surface area contributed by atoms with Crippen LogP contribution in [0.5, 0.6) is 5.75 Å². The Kier molecular flexibility index (Phi) is 5.75. The van der Waals surface area contributed by atoms with E-state index in [1.807, 2.05) is 24.3 Å². The summed E-state index contributed by atoms with van der Waals surface area (Å²) in [7, 11) is 0. The number of thioether (sulfide) groups is 1. The van der Waals surface area contributed by atoms with Crippen molar-refractivity contribution >= 4 is 23.4 Å². The highest BCUT2D eigenvalue weighted by Crippen LogP contribution is 2.26. The van der Waals surface area contributed by atoms with Gasteiger partial charge in [-0.15, -0.1) is 11.8 Å². The molecular weight excluding hydrogens is 325 g/mol. The van der Waals surface area contributed by atoms with E-state index in [4.69, 9.17) is 4.74 Å². The molecule has 3 nitrogen and oxygen atoms in total. The van der Waals surface area contributed by atoms with Gasteiger partial charge in [0.05, 0.1) is 11.9 Å². The Labute approximate surface area is 145 Å². The highest BCUT2D eigenvalue weighted by atomic mass is 32.2. The van der Waals surface area contributed by atoms with Crippen LogP contribution >= 0.6 is 11.8 Å². The molecule has 0 radical (unpaired) electrons. The van der Waals surface area contributed by atoms with Gasteiger partial charge >= 0.3 is 0 Å². The molecule has 0 spiro atoms. The van der Waals surface area contributed by atoms with Crippen LogP contribution < -0.4 is 10.1 Å². The molecule has 0 heterocycles. The maximum absolute atomic E-state index is 13.5. The van der Waals surface area contributed by atoms with Gasteiger partial charge in [-0.05, 0) is 49.9 Å². The van der Waals surface area contributed by atoms with Crippen molar-refractivity contribution in [3.8, 4) is 5.75 Å². The minimum absolute atomic E-state index is 0.161. The summed E-state index contributed by atoms with van der Waals surface area (Å²) in [6.45, 7) is 0. The van der Waals surface area contributed by atoms with Crippen molar-refractivity contribution in [2.45, 2.75) is 36.7 Å². The zero-order valence-electron chi connectivity index (χ0n) is 13.3. The van der Waals surface area contributed by atoms with Gasteiger partial charge < -0.3 is 10.1 Å². The fourth-order valence-corrected chi connectivity index (χ4v) is 3.49. The highest BCUT2D eigenvalue weighted by molar-refractivity contribution is 8.00. The molecule has 3 rings (SSSR count). The SMILES string of the molecule is O=C(CSc1ccccc1F)Nc1cccc(OC2CCCC2)c1. The van der Waals surface area contributed by atoms with Crippen molar-refractivity contribution < 1.29 is 13.9 Å². The quantitative estimate of drug-likeness (QED) is 0.759. The lowest BCUT2D eigenvalue weighted by molar-refractivity contribution is -0.113. The van der Waals surface area contributed by atoms with E-state index >= 15 is 0 Å². The summed E-state index contributed by atoms with van der Waals surface area (Å²) in [6, 6.07) is 13.9. The molecule has 0 aromatic heterocycles. The number of benzene rings is 2. The van der Waals surface area contributed by atoms with Crippen LogP contribution in [-0.4, -0.2) is 17.8 Å². The molecule has 0 atom stereocenters. The van der Waals surface area contributed by atoms with Gasteiger partial charge in [-0.2, -0.15) is 0 Å². The second kappa shape index (κ2) is 8.20. The van der Waals surface area contributed by atoms with Crippen LogP contribution in [0, 0.1) is 5.82 Å². The first-order valence-electron chi connectivity index (χ1n) is 8.14. The molecule has 1 N–H and O–H groups in total. The van der Waals surface area contributed by atoms with Gasteiger partial charge in [-0.25, -0.2) is 4.39 Å². The van der Waals surface area contributed by atoms with Crippen LogP contribution in [0.15, 0.2) is 53.4 Å². The summed E-state index contributed by atoms with van der Waals surface area (Å²) >= 11 is 1.19. The fourth-order valence-electron chi connectivity index (χ4n) is 2.75. The zero-order valence-corrected chi connectivity index (χ0v) is 14.2. The first kappa shape index (κ1) is 16.8. The highest BCUT2D eigenvalue weighted by Gasteiger charge is 2.16. The summed E-state index contributed by atoms with van der Waals surface area (Å²) in [4.78, 5) is 12.5. The van der Waals surface area contributed by atoms with Gasteiger partial charge in [0, 0.05) is 16.6 Å². The minimum Gasteiger partial charge on any atom is -0.490 e. The number of halogens is 1. The van der Waals surface area contributed by atoms with Crippen molar-refractivity contribution in [1.82, 2.24) is 0 Å². The molecule has 1 aliphatic rings. The molecule has 1 saturated carbocycles. The van der Waals surface area contributed by atoms with E-state index < -0.39 is 0 Å². The predicted octanol–water partition coefficient (Wildman–Crippen LogP) is 4.88. The molecule has 1 amide bonds. The topological polar surface area (TPSA) is 38.3 Å². The number of rotatable bonds is 6. The maximum Gasteiger partial charge on any atom is 0.234 e. The van der Waals surface area contributed by atoms with Crippen LogP contribution in [0.4, 0.5) is 10.1 Å². The summed E-state index contributed by atoms with van der Waals surface area (Å²) in [6.07, 6.45) is 4.90. The molecular formula is C19H20FNO2S. The van der Waals surface area contributed by atoms with Gasteiger partial charge in [-0.3, -0.25) is 4.79 Å². The third kappa shape index (κ3) is 4.74. The standard InChI is InChI=1S/C19H20FNO2S/c20-17-10-3-4-11-18(17)24-13-19(22)21-14-6-5-9-16(12-14)23-15-7-1-2-8-15/h3-6,9-12,15H,1-2,7-8,13H2,(H,21,22). The van der Waals surface area contributed by atoms with Crippen molar-refractivity contribution in [2.75, 3.05) is 11.1 Å². The van der Waals surface area contributed by atoms with Crippen molar-refractivity contribution in [1.29, 1.82) is 0 Å². The van der Waals surface area contributed by atoms with Crippen LogP contribution in [-0.2, 0) is 4.79 Å². The Morgan fingerprint density at radius 3 is 2.75 bits per heavy atom. The number of amides is 1. The van der Waals surface area contributed by atoms with Gasteiger partial charge in [-0.1, -0.05) is 18.2 Å². The van der Waals surface area contributed by atoms with Gasteiger partial charge in [0.25, 0.3) is 0 Å². The van der Waals surface area contributed by atoms with E-state index in [1.54, 1.807) is 18.2 Å². The third-order valence-electron chi connectivity index (χ3n) is 3.92. The summed E-state index contributed by atoms with van der Waals surface area (Å²) < 4.78 is 19.5. The number of anilines is 1. The van der Waals surface area contributed by atoms with Crippen molar-refractivity contribution in [2.24, 2.45) is 0 Å². The van der Waals surface area contributed by atoms with E-state index in [9.17, 15) is 9.18 Å². The van der Waals surface area contributed by atoms with E-state index in [1.165, 1.54) is 30.7 Å². The second-order valence-electron chi connectivity index (χ2n) is 5.82. The van der Waals surface area contributed by atoms with E-state index in [0.717, 1.165) is 18.6 Å². The van der Waals surface area contributed by atoms with E-state index in [0.29, 0.717) is 10.6 Å². The van der Waals surface area contributed by atoms with Crippen molar-refractivity contribution in [3.63, 3.8) is 0 Å². The van der Waals surface area contributed by atoms with E-state index in [2.05, 4.69) is 5.32 Å². The average Bonchev–Trinajstić information content (AvgIpc) is 3.07. The normalized spacial score (nSPS) is 14.5. The molecule has 24 heavy (non-hydrogen) atoms. The molecule has 126 valence electrons. The largest absolute Gasteiger partial charge is 0.490 e. The zero-order chi connectivity index (χ0) is 16.8. The third-order valence-corrected chi connectivity index (χ3v) is 4.97. The summed E-state index contributed by atoms with van der Waals surface area (Å²) in [5.74, 6) is 0.472. The fraction of sp³-hybridized carbons (Fsp3) is 0.316. The lowest BCUT2D eigenvalue weighted by Crippen LogP contribution is -2.15. The summed E-state index contributed by atoms with van der Waals surface area (Å²) in [5, 5.41) is 2.83. The molecule has 5 heteroatoms. The number of hydrogen-bond acceptors (Lipinski definition) is 3. The van der Waals surface area contributed by atoms with Crippen LogP contribution in [0.2, 0.25) is 0 Å². The van der Waals surface area contributed by atoms with Gasteiger partial charge in [0.15, 0.2) is 0 Å². The molecule has 0 aliphatic heterocycles. The monoisotopic (exact) mass is 345 g/mol. The molecule has 2 aromatic carbocycles. The molecule has 0 saturated heterocycles. The lowest BCUT2D eigenvalue weighted by Gasteiger charge is -2.14. The van der Waals surface area contributed by atoms with Gasteiger partial charge in [0.1, 0.15) is 11.6 Å². The Balaban J connectivity index is 1.53. The van der Waals surface area contributed by atoms with E-state index in [-0.39, 0.29) is 23.6 Å². The average molecular weight is 345 g/mol. The number of carbonyl (C=O) groups is 1. The van der Waals surface area contributed by atoms with Crippen molar-refractivity contribution in [3.05, 3.63) is 54.3 Å². The molecule has 1 fully saturated rings. The minimum atomic E-state index is -0.303. The Bertz CT molecular complexity index is 701. The number of carbonyl (C=O) groups excluding carboxylic acids is 1. The summed E-state index contributed by atoms with van der Waals surface area (Å²) in [5.41, 5.74) is 0.699. The second-order valence-corrected chi connectivity index (χ2v) is 6.84. The maximum atomic E-state index is 13.5. The lowest BCUT2D eigenvalue weighted by atomic mass is 10.2. The van der Waals surface area contributed by atoms with Crippen LogP contribution in [0.25, 0.3) is 0 Å². The molecule has 1 aliphatic carbocycles. The number of ether oxygens (including phenoxy) is 1. The Morgan fingerprint density at radius 1 is 1.17 bits per heavy atom. The first-order valence-corrected chi connectivity index (χ1v) is 9.13. The van der Waals surface area contributed by atoms with Crippen LogP contribution in [0.1, 0.15) is 25.7 Å². The molecule has 2 aromatic rings.